The third kappa shape index (κ3) is 3.78. The first-order valence-electron chi connectivity index (χ1n) is 6.98. The lowest BCUT2D eigenvalue weighted by atomic mass is 9.98. The van der Waals surface area contributed by atoms with Crippen molar-refractivity contribution in [1.82, 2.24) is 4.98 Å². The highest BCUT2D eigenvalue weighted by atomic mass is 14.6. The van der Waals surface area contributed by atoms with E-state index < -0.39 is 0 Å². The van der Waals surface area contributed by atoms with Crippen LogP contribution in [0.2, 0.25) is 0 Å². The predicted octanol–water partition coefficient (Wildman–Crippen LogP) is 5.21. The summed E-state index contributed by atoms with van der Waals surface area (Å²) in [6.07, 6.45) is 10.8. The number of aromatic nitrogens is 1. The zero-order valence-corrected chi connectivity index (χ0v) is 11.7. The molecule has 1 nitrogen and oxygen atoms in total. The number of rotatable bonds is 5. The molecule has 1 heteroatoms. The molecule has 2 rings (SSSR count). The molecule has 1 atom stereocenters. The van der Waals surface area contributed by atoms with Crippen LogP contribution in [0.3, 0.4) is 0 Å². The van der Waals surface area contributed by atoms with Crippen LogP contribution in [0.15, 0.2) is 60.9 Å². The molecule has 0 amide bonds. The monoisotopic (exact) mass is 251 g/mol. The summed E-state index contributed by atoms with van der Waals surface area (Å²) in [6, 6.07) is 12.6. The van der Waals surface area contributed by atoms with Crippen LogP contribution >= 0.6 is 0 Å². The maximum Gasteiger partial charge on any atom is 0.0346 e. The molecule has 0 aliphatic rings. The molecule has 1 unspecified atom stereocenters. The number of hydrogen-bond donors (Lipinski definition) is 0. The van der Waals surface area contributed by atoms with E-state index in [0.717, 1.165) is 6.42 Å². The summed E-state index contributed by atoms with van der Waals surface area (Å²) in [7, 11) is 0. The maximum absolute atomic E-state index is 4.38. The zero-order chi connectivity index (χ0) is 13.5. The molecule has 0 spiro atoms. The van der Waals surface area contributed by atoms with Crippen molar-refractivity contribution in [2.45, 2.75) is 32.6 Å². The number of allylic oxidation sites excluding steroid dienone is 2. The summed E-state index contributed by atoms with van der Waals surface area (Å²) < 4.78 is 0. The first-order chi connectivity index (χ1) is 9.31. The second-order valence-electron chi connectivity index (χ2n) is 4.88. The Bertz CT molecular complexity index is 528. The summed E-state index contributed by atoms with van der Waals surface area (Å²) in [4.78, 5) is 4.38. The number of unbranched alkanes of at least 4 members (excludes halogenated alkanes) is 1. The van der Waals surface area contributed by atoms with E-state index in [1.54, 1.807) is 0 Å². The van der Waals surface area contributed by atoms with Crippen molar-refractivity contribution in [3.8, 4) is 11.1 Å². The van der Waals surface area contributed by atoms with Crippen LogP contribution in [0.25, 0.3) is 11.1 Å². The lowest BCUT2D eigenvalue weighted by Crippen LogP contribution is -1.92. The Morgan fingerprint density at radius 3 is 2.63 bits per heavy atom. The molecule has 2 aromatic rings. The molecule has 19 heavy (non-hydrogen) atoms. The molecule has 0 radical (unpaired) electrons. The fraction of sp³-hybridized carbons (Fsp3) is 0.278. The van der Waals surface area contributed by atoms with Crippen LogP contribution in [0.4, 0.5) is 0 Å². The standard InChI is InChI=1S/C18H21N/c1-3-4-6-9-15(2)17-12-18(14-19-13-17)16-10-7-5-8-11-16/h5-15H,3-4H2,1-2H3/b9-6+. The summed E-state index contributed by atoms with van der Waals surface area (Å²) in [5.41, 5.74) is 3.68. The lowest BCUT2D eigenvalue weighted by molar-refractivity contribution is 0.913. The average molecular weight is 251 g/mol. The summed E-state index contributed by atoms with van der Waals surface area (Å²) in [5, 5.41) is 0. The van der Waals surface area contributed by atoms with Gasteiger partial charge in [-0.25, -0.2) is 0 Å². The third-order valence-electron chi connectivity index (χ3n) is 3.27. The van der Waals surface area contributed by atoms with Crippen molar-refractivity contribution in [2.24, 2.45) is 0 Å². The van der Waals surface area contributed by atoms with E-state index in [1.165, 1.54) is 23.1 Å². The maximum atomic E-state index is 4.38. The van der Waals surface area contributed by atoms with Crippen molar-refractivity contribution in [3.63, 3.8) is 0 Å². The van der Waals surface area contributed by atoms with Crippen molar-refractivity contribution < 1.29 is 0 Å². The molecule has 0 aliphatic heterocycles. The second-order valence-corrected chi connectivity index (χ2v) is 4.88. The molecule has 1 aromatic carbocycles. The van der Waals surface area contributed by atoms with Gasteiger partial charge in [-0.15, -0.1) is 0 Å². The van der Waals surface area contributed by atoms with E-state index in [1.807, 2.05) is 18.5 Å². The number of benzene rings is 1. The van der Waals surface area contributed by atoms with Gasteiger partial charge in [0.25, 0.3) is 0 Å². The number of nitrogens with zero attached hydrogens (tertiary/aromatic N) is 1. The minimum absolute atomic E-state index is 0.419. The van der Waals surface area contributed by atoms with Gasteiger partial charge in [-0.1, -0.05) is 62.8 Å². The Labute approximate surface area is 116 Å². The van der Waals surface area contributed by atoms with Crippen molar-refractivity contribution in [3.05, 3.63) is 66.5 Å². The quantitative estimate of drug-likeness (QED) is 0.665. The number of pyridine rings is 1. The van der Waals surface area contributed by atoms with E-state index in [-0.39, 0.29) is 0 Å². The van der Waals surface area contributed by atoms with Gasteiger partial charge in [0.05, 0.1) is 0 Å². The van der Waals surface area contributed by atoms with E-state index in [0.29, 0.717) is 5.92 Å². The van der Waals surface area contributed by atoms with Crippen LogP contribution in [-0.4, -0.2) is 4.98 Å². The zero-order valence-electron chi connectivity index (χ0n) is 11.7. The molecule has 0 saturated carbocycles. The Balaban J connectivity index is 2.20. The Morgan fingerprint density at radius 2 is 1.89 bits per heavy atom. The predicted molar refractivity (Wildman–Crippen MR) is 82.1 cm³/mol. The first-order valence-corrected chi connectivity index (χ1v) is 6.98. The minimum atomic E-state index is 0.419. The number of hydrogen-bond acceptors (Lipinski definition) is 1. The van der Waals surface area contributed by atoms with E-state index in [9.17, 15) is 0 Å². The molecule has 0 N–H and O–H groups in total. The molecule has 0 fully saturated rings. The van der Waals surface area contributed by atoms with Gasteiger partial charge in [0.2, 0.25) is 0 Å². The van der Waals surface area contributed by atoms with Gasteiger partial charge in [0.1, 0.15) is 0 Å². The molecule has 0 saturated heterocycles. The van der Waals surface area contributed by atoms with Gasteiger partial charge in [-0.05, 0) is 23.6 Å². The fourth-order valence-corrected chi connectivity index (χ4v) is 2.07. The van der Waals surface area contributed by atoms with Gasteiger partial charge in [0, 0.05) is 23.9 Å². The fourth-order valence-electron chi connectivity index (χ4n) is 2.07. The van der Waals surface area contributed by atoms with Crippen LogP contribution in [0.1, 0.15) is 38.2 Å². The largest absolute Gasteiger partial charge is 0.264 e. The average Bonchev–Trinajstić information content (AvgIpc) is 2.48. The second kappa shape index (κ2) is 6.89. The van der Waals surface area contributed by atoms with Gasteiger partial charge in [0.15, 0.2) is 0 Å². The smallest absolute Gasteiger partial charge is 0.0346 e. The SMILES string of the molecule is CCC/C=C/C(C)c1cncc(-c2ccccc2)c1. The van der Waals surface area contributed by atoms with E-state index in [2.05, 4.69) is 61.3 Å². The first kappa shape index (κ1) is 13.5. The highest BCUT2D eigenvalue weighted by molar-refractivity contribution is 5.63. The van der Waals surface area contributed by atoms with Crippen LogP contribution in [0.5, 0.6) is 0 Å². The minimum Gasteiger partial charge on any atom is -0.264 e. The Hall–Kier alpha value is -1.89. The highest BCUT2D eigenvalue weighted by Gasteiger charge is 2.04. The molecular weight excluding hydrogens is 230 g/mol. The highest BCUT2D eigenvalue weighted by Crippen LogP contribution is 2.23. The normalized spacial score (nSPS) is 12.7. The third-order valence-corrected chi connectivity index (χ3v) is 3.27. The Morgan fingerprint density at radius 1 is 1.11 bits per heavy atom. The summed E-state index contributed by atoms with van der Waals surface area (Å²) >= 11 is 0. The van der Waals surface area contributed by atoms with Gasteiger partial charge in [-0.3, -0.25) is 4.98 Å². The van der Waals surface area contributed by atoms with E-state index in [4.69, 9.17) is 0 Å². The van der Waals surface area contributed by atoms with Crippen LogP contribution in [-0.2, 0) is 0 Å². The molecule has 0 aliphatic carbocycles. The van der Waals surface area contributed by atoms with Crippen LogP contribution in [0, 0.1) is 0 Å². The molecule has 98 valence electrons. The molecule has 1 heterocycles. The molecule has 1 aromatic heterocycles. The topological polar surface area (TPSA) is 12.9 Å². The van der Waals surface area contributed by atoms with Crippen molar-refractivity contribution in [2.75, 3.05) is 0 Å². The van der Waals surface area contributed by atoms with Crippen molar-refractivity contribution >= 4 is 0 Å². The summed E-state index contributed by atoms with van der Waals surface area (Å²) in [6.45, 7) is 4.42. The summed E-state index contributed by atoms with van der Waals surface area (Å²) in [5.74, 6) is 0.419. The van der Waals surface area contributed by atoms with Gasteiger partial charge < -0.3 is 0 Å². The lowest BCUT2D eigenvalue weighted by Gasteiger charge is -2.09. The van der Waals surface area contributed by atoms with Crippen LogP contribution < -0.4 is 0 Å². The Kier molecular flexibility index (Phi) is 4.91. The molecular formula is C18H21N. The van der Waals surface area contributed by atoms with Gasteiger partial charge >= 0.3 is 0 Å². The molecule has 0 bridgehead atoms. The van der Waals surface area contributed by atoms with Crippen molar-refractivity contribution in [1.29, 1.82) is 0 Å². The van der Waals surface area contributed by atoms with E-state index >= 15 is 0 Å². The van der Waals surface area contributed by atoms with Gasteiger partial charge in [-0.2, -0.15) is 0 Å².